The van der Waals surface area contributed by atoms with Crippen molar-refractivity contribution in [3.8, 4) is 0 Å². The van der Waals surface area contributed by atoms with Crippen molar-refractivity contribution in [3.05, 3.63) is 28.1 Å². The molecular formula is C11H13F3N4O2. The van der Waals surface area contributed by atoms with Crippen LogP contribution in [-0.2, 0) is 6.18 Å². The van der Waals surface area contributed by atoms with Crippen LogP contribution in [0.5, 0.6) is 0 Å². The van der Waals surface area contributed by atoms with Gasteiger partial charge in [-0.3, -0.25) is 10.1 Å². The summed E-state index contributed by atoms with van der Waals surface area (Å²) in [5, 5.41) is 10.9. The van der Waals surface area contributed by atoms with Gasteiger partial charge in [0.1, 0.15) is 17.6 Å². The van der Waals surface area contributed by atoms with Gasteiger partial charge in [0, 0.05) is 19.1 Å². The fourth-order valence-electron chi connectivity index (χ4n) is 2.22. The lowest BCUT2D eigenvalue weighted by atomic mass is 10.1. The van der Waals surface area contributed by atoms with Crippen LogP contribution < -0.4 is 10.6 Å². The average Bonchev–Trinajstić information content (AvgIpc) is 2.37. The summed E-state index contributed by atoms with van der Waals surface area (Å²) >= 11 is 0. The first kappa shape index (κ1) is 14.5. The Hall–Kier alpha value is -1.90. The molecule has 0 radical (unpaired) electrons. The van der Waals surface area contributed by atoms with E-state index >= 15 is 0 Å². The van der Waals surface area contributed by atoms with Gasteiger partial charge in [-0.1, -0.05) is 0 Å². The zero-order valence-corrected chi connectivity index (χ0v) is 10.4. The second-order valence-electron chi connectivity index (χ2n) is 4.66. The number of anilines is 1. The van der Waals surface area contributed by atoms with E-state index in [2.05, 4.69) is 4.98 Å². The van der Waals surface area contributed by atoms with Crippen molar-refractivity contribution < 1.29 is 18.1 Å². The minimum atomic E-state index is -4.64. The molecule has 0 bridgehead atoms. The SMILES string of the molecule is N[C@@H]1CCCN(c2cc(C(F)(F)F)ncc2[N+](=O)[O-])C1. The lowest BCUT2D eigenvalue weighted by Gasteiger charge is -2.32. The number of alkyl halides is 3. The molecule has 110 valence electrons. The van der Waals surface area contributed by atoms with E-state index in [1.807, 2.05) is 0 Å². The number of hydrogen-bond donors (Lipinski definition) is 1. The Labute approximate surface area is 112 Å². The number of nitrogens with two attached hydrogens (primary N) is 1. The van der Waals surface area contributed by atoms with E-state index in [9.17, 15) is 23.3 Å². The van der Waals surface area contributed by atoms with Crippen molar-refractivity contribution in [2.75, 3.05) is 18.0 Å². The highest BCUT2D eigenvalue weighted by atomic mass is 19.4. The lowest BCUT2D eigenvalue weighted by Crippen LogP contribution is -2.43. The van der Waals surface area contributed by atoms with Gasteiger partial charge >= 0.3 is 11.9 Å². The fourth-order valence-corrected chi connectivity index (χ4v) is 2.22. The first-order chi connectivity index (χ1) is 9.29. The third kappa shape index (κ3) is 2.98. The second kappa shape index (κ2) is 5.23. The number of nitro groups is 1. The monoisotopic (exact) mass is 290 g/mol. The molecule has 0 amide bonds. The number of piperidine rings is 1. The predicted molar refractivity (Wildman–Crippen MR) is 65.3 cm³/mol. The molecule has 0 unspecified atom stereocenters. The van der Waals surface area contributed by atoms with Gasteiger partial charge in [-0.05, 0) is 18.9 Å². The zero-order chi connectivity index (χ0) is 14.9. The molecule has 2 heterocycles. The molecule has 1 aromatic rings. The largest absolute Gasteiger partial charge is 0.433 e. The van der Waals surface area contributed by atoms with Crippen molar-refractivity contribution in [3.63, 3.8) is 0 Å². The Morgan fingerprint density at radius 2 is 2.20 bits per heavy atom. The molecule has 2 rings (SSSR count). The third-order valence-electron chi connectivity index (χ3n) is 3.15. The van der Waals surface area contributed by atoms with Crippen LogP contribution in [0.1, 0.15) is 18.5 Å². The molecule has 9 heteroatoms. The number of hydrogen-bond acceptors (Lipinski definition) is 5. The van der Waals surface area contributed by atoms with E-state index in [1.165, 1.54) is 4.90 Å². The number of aromatic nitrogens is 1. The van der Waals surface area contributed by atoms with Crippen molar-refractivity contribution in [1.82, 2.24) is 4.98 Å². The van der Waals surface area contributed by atoms with E-state index in [-0.39, 0.29) is 11.7 Å². The molecule has 1 saturated heterocycles. The molecule has 0 saturated carbocycles. The molecular weight excluding hydrogens is 277 g/mol. The summed E-state index contributed by atoms with van der Waals surface area (Å²) in [6.45, 7) is 0.734. The zero-order valence-electron chi connectivity index (χ0n) is 10.4. The second-order valence-corrected chi connectivity index (χ2v) is 4.66. The van der Waals surface area contributed by atoms with Gasteiger partial charge in [0.2, 0.25) is 0 Å². The Morgan fingerprint density at radius 3 is 2.75 bits per heavy atom. The van der Waals surface area contributed by atoms with Gasteiger partial charge in [-0.15, -0.1) is 0 Å². The number of halogens is 3. The summed E-state index contributed by atoms with van der Waals surface area (Å²) < 4.78 is 38.0. The molecule has 1 aromatic heterocycles. The fraction of sp³-hybridized carbons (Fsp3) is 0.545. The number of pyridine rings is 1. The van der Waals surface area contributed by atoms with Crippen molar-refractivity contribution in [1.29, 1.82) is 0 Å². The Kier molecular flexibility index (Phi) is 3.80. The molecule has 0 aliphatic carbocycles. The summed E-state index contributed by atoms with van der Waals surface area (Å²) in [5.74, 6) is 0. The third-order valence-corrected chi connectivity index (χ3v) is 3.15. The molecule has 6 nitrogen and oxygen atoms in total. The molecule has 1 atom stereocenters. The standard InChI is InChI=1S/C11H13F3N4O2/c12-11(13,14)10-4-8(9(5-16-10)18(19)20)17-3-1-2-7(15)6-17/h4-5,7H,1-3,6,15H2/t7-/m1/s1. The van der Waals surface area contributed by atoms with Gasteiger partial charge in [0.25, 0.3) is 0 Å². The maximum absolute atomic E-state index is 12.7. The first-order valence-corrected chi connectivity index (χ1v) is 6.01. The molecule has 2 N–H and O–H groups in total. The number of rotatable bonds is 2. The maximum Gasteiger partial charge on any atom is 0.433 e. The lowest BCUT2D eigenvalue weighted by molar-refractivity contribution is -0.384. The first-order valence-electron chi connectivity index (χ1n) is 6.01. The van der Waals surface area contributed by atoms with E-state index in [0.29, 0.717) is 25.7 Å². The van der Waals surface area contributed by atoms with Crippen LogP contribution in [-0.4, -0.2) is 29.0 Å². The van der Waals surface area contributed by atoms with E-state index < -0.39 is 22.5 Å². The Balaban J connectivity index is 2.44. The minimum absolute atomic E-state index is 0.0764. The van der Waals surface area contributed by atoms with Crippen molar-refractivity contribution in [2.45, 2.75) is 25.1 Å². The quantitative estimate of drug-likeness (QED) is 0.664. The summed E-state index contributed by atoms with van der Waals surface area (Å²) in [6, 6.07) is 0.516. The van der Waals surface area contributed by atoms with Crippen molar-refractivity contribution in [2.24, 2.45) is 5.73 Å². The Bertz CT molecular complexity index is 521. The van der Waals surface area contributed by atoms with Crippen LogP contribution in [0.4, 0.5) is 24.5 Å². The van der Waals surface area contributed by atoms with Gasteiger partial charge in [0.15, 0.2) is 0 Å². The van der Waals surface area contributed by atoms with E-state index in [0.717, 1.165) is 12.5 Å². The van der Waals surface area contributed by atoms with Gasteiger partial charge in [-0.25, -0.2) is 4.98 Å². The highest BCUT2D eigenvalue weighted by Gasteiger charge is 2.35. The minimum Gasteiger partial charge on any atom is -0.364 e. The predicted octanol–water partition coefficient (Wildman–Crippen LogP) is 1.94. The molecule has 0 spiro atoms. The highest BCUT2D eigenvalue weighted by molar-refractivity contribution is 5.63. The molecule has 20 heavy (non-hydrogen) atoms. The van der Waals surface area contributed by atoms with E-state index in [1.54, 1.807) is 0 Å². The summed E-state index contributed by atoms with van der Waals surface area (Å²) in [6.07, 6.45) is -2.55. The van der Waals surface area contributed by atoms with Crippen LogP contribution in [0, 0.1) is 10.1 Å². The summed E-state index contributed by atoms with van der Waals surface area (Å²) in [7, 11) is 0. The Morgan fingerprint density at radius 1 is 1.50 bits per heavy atom. The van der Waals surface area contributed by atoms with Crippen LogP contribution >= 0.6 is 0 Å². The molecule has 1 fully saturated rings. The maximum atomic E-state index is 12.7. The molecule has 1 aliphatic heterocycles. The molecule has 1 aliphatic rings. The molecule has 0 aromatic carbocycles. The number of nitrogens with zero attached hydrogens (tertiary/aromatic N) is 3. The van der Waals surface area contributed by atoms with Crippen LogP contribution in [0.25, 0.3) is 0 Å². The summed E-state index contributed by atoms with van der Waals surface area (Å²) in [4.78, 5) is 14.8. The van der Waals surface area contributed by atoms with Gasteiger partial charge < -0.3 is 10.6 Å². The van der Waals surface area contributed by atoms with Crippen molar-refractivity contribution >= 4 is 11.4 Å². The average molecular weight is 290 g/mol. The topological polar surface area (TPSA) is 85.3 Å². The van der Waals surface area contributed by atoms with Gasteiger partial charge in [0.05, 0.1) is 4.92 Å². The van der Waals surface area contributed by atoms with Crippen LogP contribution in [0.2, 0.25) is 0 Å². The van der Waals surface area contributed by atoms with E-state index in [4.69, 9.17) is 5.73 Å². The normalized spacial score (nSPS) is 20.0. The highest BCUT2D eigenvalue weighted by Crippen LogP contribution is 2.35. The smallest absolute Gasteiger partial charge is 0.364 e. The van der Waals surface area contributed by atoms with Crippen LogP contribution in [0.3, 0.4) is 0 Å². The van der Waals surface area contributed by atoms with Gasteiger partial charge in [-0.2, -0.15) is 13.2 Å². The van der Waals surface area contributed by atoms with Crippen LogP contribution in [0.15, 0.2) is 12.3 Å². The summed E-state index contributed by atoms with van der Waals surface area (Å²) in [5.41, 5.74) is 4.11.